The second-order valence-electron chi connectivity index (χ2n) is 5.29. The van der Waals surface area contributed by atoms with Crippen molar-refractivity contribution in [3.63, 3.8) is 0 Å². The number of aromatic nitrogens is 3. The lowest BCUT2D eigenvalue weighted by molar-refractivity contribution is 0.102. The summed E-state index contributed by atoms with van der Waals surface area (Å²) >= 11 is 1.36. The Balaban J connectivity index is 1.53. The fourth-order valence-electron chi connectivity index (χ4n) is 2.40. The molecule has 0 unspecified atom stereocenters. The summed E-state index contributed by atoms with van der Waals surface area (Å²) in [5.41, 5.74) is 3.57. The van der Waals surface area contributed by atoms with Gasteiger partial charge in [0.15, 0.2) is 5.13 Å². The molecule has 0 aliphatic rings. The first-order chi connectivity index (χ1) is 12.2. The first kappa shape index (κ1) is 15.1. The van der Waals surface area contributed by atoms with Gasteiger partial charge < -0.3 is 4.40 Å². The molecule has 0 bridgehead atoms. The molecule has 0 spiro atoms. The van der Waals surface area contributed by atoms with Crippen molar-refractivity contribution in [3.05, 3.63) is 71.5 Å². The number of rotatable bonds is 3. The quantitative estimate of drug-likeness (QED) is 0.615. The van der Waals surface area contributed by atoms with Crippen LogP contribution >= 0.6 is 11.3 Å². The van der Waals surface area contributed by atoms with E-state index in [9.17, 15) is 4.79 Å². The summed E-state index contributed by atoms with van der Waals surface area (Å²) in [6.45, 7) is 0. The van der Waals surface area contributed by atoms with E-state index in [1.807, 2.05) is 17.5 Å². The third-order valence-corrected chi connectivity index (χ3v) is 4.44. The van der Waals surface area contributed by atoms with Gasteiger partial charge in [0, 0.05) is 29.5 Å². The number of pyridine rings is 1. The number of hydrogen-bond donors (Lipinski definition) is 1. The number of carbonyl (C=O) groups excluding carboxylic acids is 1. The van der Waals surface area contributed by atoms with Crippen LogP contribution in [0.1, 0.15) is 15.9 Å². The lowest BCUT2D eigenvalue weighted by Crippen LogP contribution is -2.12. The topological polar surface area (TPSA) is 83.1 Å². The van der Waals surface area contributed by atoms with Crippen molar-refractivity contribution in [1.29, 1.82) is 5.26 Å². The maximum Gasteiger partial charge on any atom is 0.258 e. The third-order valence-electron chi connectivity index (χ3n) is 3.69. The van der Waals surface area contributed by atoms with Crippen LogP contribution in [0.15, 0.2) is 60.4 Å². The molecule has 0 aliphatic heterocycles. The first-order valence-electron chi connectivity index (χ1n) is 7.43. The van der Waals surface area contributed by atoms with Crippen LogP contribution in [0.3, 0.4) is 0 Å². The van der Waals surface area contributed by atoms with E-state index in [-0.39, 0.29) is 5.91 Å². The van der Waals surface area contributed by atoms with Crippen molar-refractivity contribution in [3.8, 4) is 17.3 Å². The number of nitrogens with zero attached hydrogens (tertiary/aromatic N) is 4. The monoisotopic (exact) mass is 345 g/mol. The van der Waals surface area contributed by atoms with Crippen molar-refractivity contribution in [2.24, 2.45) is 0 Å². The summed E-state index contributed by atoms with van der Waals surface area (Å²) in [5.74, 6) is -0.226. The van der Waals surface area contributed by atoms with Gasteiger partial charge in [0.05, 0.1) is 22.9 Å². The summed E-state index contributed by atoms with van der Waals surface area (Å²) in [5, 5.41) is 14.1. The highest BCUT2D eigenvalue weighted by molar-refractivity contribution is 7.14. The lowest BCUT2D eigenvalue weighted by Gasteiger charge is -2.02. The van der Waals surface area contributed by atoms with Gasteiger partial charge in [0.1, 0.15) is 5.65 Å². The molecule has 1 amide bonds. The Hall–Kier alpha value is -3.50. The fraction of sp³-hybridized carbons (Fsp3) is 0. The van der Waals surface area contributed by atoms with Gasteiger partial charge >= 0.3 is 0 Å². The zero-order valence-corrected chi connectivity index (χ0v) is 13.7. The molecule has 1 aromatic carbocycles. The Morgan fingerprint density at radius 2 is 2.04 bits per heavy atom. The number of benzene rings is 1. The predicted octanol–water partition coefficient (Wildman–Crippen LogP) is 3.58. The minimum atomic E-state index is -0.226. The predicted molar refractivity (Wildman–Crippen MR) is 95.4 cm³/mol. The molecule has 0 fully saturated rings. The van der Waals surface area contributed by atoms with Gasteiger partial charge in [-0.3, -0.25) is 10.1 Å². The van der Waals surface area contributed by atoms with E-state index < -0.39 is 0 Å². The Morgan fingerprint density at radius 3 is 2.84 bits per heavy atom. The molecule has 25 heavy (non-hydrogen) atoms. The summed E-state index contributed by atoms with van der Waals surface area (Å²) < 4.78 is 1.79. The average Bonchev–Trinajstić information content (AvgIpc) is 3.30. The minimum absolute atomic E-state index is 0.226. The van der Waals surface area contributed by atoms with Gasteiger partial charge in [-0.05, 0) is 24.3 Å². The van der Waals surface area contributed by atoms with E-state index in [4.69, 9.17) is 5.26 Å². The van der Waals surface area contributed by atoms with Crippen LogP contribution in [0.4, 0.5) is 5.13 Å². The highest BCUT2D eigenvalue weighted by atomic mass is 32.1. The van der Waals surface area contributed by atoms with Crippen molar-refractivity contribution in [2.45, 2.75) is 0 Å². The SMILES string of the molecule is N#Cc1ccc(-c2csc(NC(=O)c3ccc4nccn4c3)n2)cc1. The smallest absolute Gasteiger partial charge is 0.258 e. The molecular weight excluding hydrogens is 334 g/mol. The molecule has 0 atom stereocenters. The van der Waals surface area contributed by atoms with Gasteiger partial charge in [-0.25, -0.2) is 9.97 Å². The molecule has 0 aliphatic carbocycles. The molecule has 120 valence electrons. The fourth-order valence-corrected chi connectivity index (χ4v) is 3.12. The van der Waals surface area contributed by atoms with Gasteiger partial charge in [-0.15, -0.1) is 11.3 Å². The molecule has 6 nitrogen and oxygen atoms in total. The zero-order valence-electron chi connectivity index (χ0n) is 12.9. The van der Waals surface area contributed by atoms with E-state index in [0.717, 1.165) is 16.9 Å². The molecule has 0 saturated heterocycles. The van der Waals surface area contributed by atoms with E-state index in [0.29, 0.717) is 16.3 Å². The van der Waals surface area contributed by atoms with Crippen LogP contribution in [-0.2, 0) is 0 Å². The zero-order chi connectivity index (χ0) is 17.2. The number of nitriles is 1. The first-order valence-corrected chi connectivity index (χ1v) is 8.31. The number of anilines is 1. The lowest BCUT2D eigenvalue weighted by atomic mass is 10.1. The number of fused-ring (bicyclic) bond motifs is 1. The van der Waals surface area contributed by atoms with Crippen LogP contribution < -0.4 is 5.32 Å². The van der Waals surface area contributed by atoms with E-state index in [2.05, 4.69) is 21.4 Å². The van der Waals surface area contributed by atoms with E-state index >= 15 is 0 Å². The van der Waals surface area contributed by atoms with Crippen LogP contribution in [0, 0.1) is 11.3 Å². The Bertz CT molecular complexity index is 1100. The van der Waals surface area contributed by atoms with Gasteiger partial charge in [-0.2, -0.15) is 5.26 Å². The molecule has 7 heteroatoms. The summed E-state index contributed by atoms with van der Waals surface area (Å²) in [6, 6.07) is 12.8. The Kier molecular flexibility index (Phi) is 3.72. The molecular formula is C18H11N5OS. The van der Waals surface area contributed by atoms with E-state index in [1.165, 1.54) is 11.3 Å². The summed E-state index contributed by atoms with van der Waals surface area (Å²) in [4.78, 5) is 21.0. The van der Waals surface area contributed by atoms with Crippen molar-refractivity contribution < 1.29 is 4.79 Å². The Morgan fingerprint density at radius 1 is 1.20 bits per heavy atom. The van der Waals surface area contributed by atoms with Crippen LogP contribution in [0.25, 0.3) is 16.9 Å². The van der Waals surface area contributed by atoms with Gasteiger partial charge in [0.25, 0.3) is 5.91 Å². The van der Waals surface area contributed by atoms with Gasteiger partial charge in [0.2, 0.25) is 0 Å². The average molecular weight is 345 g/mol. The highest BCUT2D eigenvalue weighted by Gasteiger charge is 2.11. The van der Waals surface area contributed by atoms with Crippen LogP contribution in [-0.4, -0.2) is 20.3 Å². The maximum absolute atomic E-state index is 12.4. The normalized spacial score (nSPS) is 10.5. The molecule has 4 rings (SSSR count). The minimum Gasteiger partial charge on any atom is -0.306 e. The number of nitrogens with one attached hydrogen (secondary N) is 1. The van der Waals surface area contributed by atoms with Crippen molar-refractivity contribution in [2.75, 3.05) is 5.32 Å². The molecule has 4 aromatic rings. The van der Waals surface area contributed by atoms with Crippen LogP contribution in [0.2, 0.25) is 0 Å². The van der Waals surface area contributed by atoms with Crippen molar-refractivity contribution >= 4 is 28.0 Å². The summed E-state index contributed by atoms with van der Waals surface area (Å²) in [6.07, 6.45) is 5.20. The standard InChI is InChI=1S/C18H11N5OS/c19-9-12-1-3-13(4-2-12)15-11-25-18(21-15)22-17(24)14-5-6-16-20-7-8-23(16)10-14/h1-8,10-11H,(H,21,22,24). The van der Waals surface area contributed by atoms with E-state index in [1.54, 1.807) is 47.3 Å². The largest absolute Gasteiger partial charge is 0.306 e. The third kappa shape index (κ3) is 2.98. The molecule has 3 aromatic heterocycles. The number of hydrogen-bond acceptors (Lipinski definition) is 5. The number of amides is 1. The number of imidazole rings is 1. The molecule has 1 N–H and O–H groups in total. The molecule has 0 saturated carbocycles. The summed E-state index contributed by atoms with van der Waals surface area (Å²) in [7, 11) is 0. The molecule has 3 heterocycles. The number of thiazole rings is 1. The highest BCUT2D eigenvalue weighted by Crippen LogP contribution is 2.25. The van der Waals surface area contributed by atoms with Crippen molar-refractivity contribution in [1.82, 2.24) is 14.4 Å². The maximum atomic E-state index is 12.4. The Labute approximate surface area is 147 Å². The second kappa shape index (κ2) is 6.19. The number of carbonyl (C=O) groups is 1. The van der Waals surface area contributed by atoms with Crippen LogP contribution in [0.5, 0.6) is 0 Å². The second-order valence-corrected chi connectivity index (χ2v) is 6.15. The van der Waals surface area contributed by atoms with Gasteiger partial charge in [-0.1, -0.05) is 12.1 Å². The molecule has 0 radical (unpaired) electrons.